The molecular weight excluding hydrogens is 328 g/mol. The Morgan fingerprint density at radius 3 is 2.50 bits per heavy atom. The molecule has 1 aliphatic heterocycles. The third-order valence-corrected chi connectivity index (χ3v) is 6.37. The zero-order chi connectivity index (χ0) is 17.9. The van der Waals surface area contributed by atoms with Crippen molar-refractivity contribution >= 4 is 11.6 Å². The fourth-order valence-corrected chi connectivity index (χ4v) is 4.85. The van der Waals surface area contributed by atoms with Crippen LogP contribution in [0.4, 0.5) is 5.69 Å². The lowest BCUT2D eigenvalue weighted by Gasteiger charge is -2.43. The number of anilines is 1. The summed E-state index contributed by atoms with van der Waals surface area (Å²) < 4.78 is 11.3. The van der Waals surface area contributed by atoms with Crippen LogP contribution >= 0.6 is 0 Å². The first kappa shape index (κ1) is 17.8. The molecule has 1 heterocycles. The second-order valence-electron chi connectivity index (χ2n) is 8.16. The van der Waals surface area contributed by atoms with Gasteiger partial charge in [-0.05, 0) is 74.6 Å². The number of fused-ring (bicyclic) bond motifs is 2. The van der Waals surface area contributed by atoms with E-state index in [1.54, 1.807) is 0 Å². The van der Waals surface area contributed by atoms with Gasteiger partial charge in [0.05, 0.1) is 6.10 Å². The Morgan fingerprint density at radius 1 is 1.12 bits per heavy atom. The minimum absolute atomic E-state index is 0.0977. The Kier molecular flexibility index (Phi) is 5.46. The van der Waals surface area contributed by atoms with E-state index in [0.717, 1.165) is 43.7 Å². The van der Waals surface area contributed by atoms with Crippen molar-refractivity contribution in [3.63, 3.8) is 0 Å². The van der Waals surface area contributed by atoms with Gasteiger partial charge in [0, 0.05) is 24.3 Å². The van der Waals surface area contributed by atoms with E-state index < -0.39 is 0 Å². The molecule has 1 aromatic rings. The minimum Gasteiger partial charge on any atom is -0.491 e. The third kappa shape index (κ3) is 4.04. The van der Waals surface area contributed by atoms with Gasteiger partial charge in [0.2, 0.25) is 5.91 Å². The van der Waals surface area contributed by atoms with E-state index in [4.69, 9.17) is 15.2 Å². The highest BCUT2D eigenvalue weighted by Gasteiger charge is 2.40. The molecule has 0 spiro atoms. The van der Waals surface area contributed by atoms with Gasteiger partial charge in [0.1, 0.15) is 12.4 Å². The number of hydrogen-bond donors (Lipinski definition) is 2. The topological polar surface area (TPSA) is 73.6 Å². The minimum atomic E-state index is 0.0977. The lowest BCUT2D eigenvalue weighted by molar-refractivity contribution is -0.122. The van der Waals surface area contributed by atoms with E-state index >= 15 is 0 Å². The van der Waals surface area contributed by atoms with Crippen molar-refractivity contribution in [1.29, 1.82) is 0 Å². The van der Waals surface area contributed by atoms with Crippen molar-refractivity contribution in [2.45, 2.75) is 57.1 Å². The maximum absolute atomic E-state index is 12.7. The zero-order valence-corrected chi connectivity index (χ0v) is 15.4. The van der Waals surface area contributed by atoms with E-state index in [1.807, 2.05) is 24.3 Å². The number of rotatable bonds is 5. The second kappa shape index (κ2) is 7.97. The normalized spacial score (nSPS) is 33.7. The maximum Gasteiger partial charge on any atom is 0.227 e. The molecular formula is C21H30N2O3. The molecule has 4 rings (SSSR count). The Bertz CT molecular complexity index is 598. The highest BCUT2D eigenvalue weighted by Crippen LogP contribution is 2.42. The number of hydrogen-bond acceptors (Lipinski definition) is 4. The molecule has 0 aromatic heterocycles. The van der Waals surface area contributed by atoms with E-state index in [0.29, 0.717) is 24.5 Å². The standard InChI is InChI=1S/C21H30N2O3/c22-20-14-3-1-4-15(20)12-16(11-14)21(24)23-17-6-8-18(9-7-17)26-13-19-5-2-10-25-19/h6-9,14-16,19-20H,1-5,10-13,22H2,(H,23,24). The van der Waals surface area contributed by atoms with Gasteiger partial charge in [0.25, 0.3) is 0 Å². The summed E-state index contributed by atoms with van der Waals surface area (Å²) in [6.07, 6.45) is 7.90. The van der Waals surface area contributed by atoms with Crippen LogP contribution in [0.2, 0.25) is 0 Å². The molecule has 142 valence electrons. The van der Waals surface area contributed by atoms with Crippen LogP contribution in [0, 0.1) is 17.8 Å². The van der Waals surface area contributed by atoms with Crippen LogP contribution in [-0.4, -0.2) is 31.3 Å². The number of nitrogens with two attached hydrogens (primary N) is 1. The highest BCUT2D eigenvalue weighted by atomic mass is 16.5. The van der Waals surface area contributed by atoms with E-state index in [2.05, 4.69) is 5.32 Å². The van der Waals surface area contributed by atoms with Gasteiger partial charge in [0.15, 0.2) is 0 Å². The predicted molar refractivity (Wildman–Crippen MR) is 101 cm³/mol. The first-order chi connectivity index (χ1) is 12.7. The van der Waals surface area contributed by atoms with Gasteiger partial charge in [-0.3, -0.25) is 4.79 Å². The summed E-state index contributed by atoms with van der Waals surface area (Å²) in [5, 5.41) is 3.08. The zero-order valence-electron chi connectivity index (χ0n) is 15.4. The number of carbonyl (C=O) groups excluding carboxylic acids is 1. The molecule has 1 aromatic carbocycles. The molecule has 5 nitrogen and oxygen atoms in total. The molecule has 2 saturated carbocycles. The van der Waals surface area contributed by atoms with E-state index in [9.17, 15) is 4.79 Å². The van der Waals surface area contributed by atoms with Gasteiger partial charge < -0.3 is 20.5 Å². The Morgan fingerprint density at radius 2 is 1.85 bits per heavy atom. The van der Waals surface area contributed by atoms with Gasteiger partial charge >= 0.3 is 0 Å². The maximum atomic E-state index is 12.7. The van der Waals surface area contributed by atoms with Gasteiger partial charge in [-0.2, -0.15) is 0 Å². The van der Waals surface area contributed by atoms with E-state index in [1.165, 1.54) is 19.3 Å². The summed E-state index contributed by atoms with van der Waals surface area (Å²) in [7, 11) is 0. The first-order valence-electron chi connectivity index (χ1n) is 10.1. The lowest BCUT2D eigenvalue weighted by atomic mass is 9.65. The van der Waals surface area contributed by atoms with Crippen LogP contribution in [0.3, 0.4) is 0 Å². The van der Waals surface area contributed by atoms with Crippen LogP contribution in [0.15, 0.2) is 24.3 Å². The summed E-state index contributed by atoms with van der Waals surface area (Å²) in [4.78, 5) is 12.7. The van der Waals surface area contributed by atoms with Crippen LogP contribution in [0.1, 0.15) is 44.9 Å². The molecule has 3 N–H and O–H groups in total. The second-order valence-corrected chi connectivity index (χ2v) is 8.16. The highest BCUT2D eigenvalue weighted by molar-refractivity contribution is 5.92. The molecule has 26 heavy (non-hydrogen) atoms. The smallest absolute Gasteiger partial charge is 0.227 e. The van der Waals surface area contributed by atoms with Crippen LogP contribution in [0.5, 0.6) is 5.75 Å². The first-order valence-corrected chi connectivity index (χ1v) is 10.1. The summed E-state index contributed by atoms with van der Waals surface area (Å²) >= 11 is 0. The molecule has 3 atom stereocenters. The van der Waals surface area contributed by atoms with Crippen molar-refractivity contribution in [3.05, 3.63) is 24.3 Å². The van der Waals surface area contributed by atoms with Gasteiger partial charge in [-0.15, -0.1) is 0 Å². The Labute approximate surface area is 155 Å². The molecule has 5 heteroatoms. The largest absolute Gasteiger partial charge is 0.491 e. The third-order valence-electron chi connectivity index (χ3n) is 6.37. The fraction of sp³-hybridized carbons (Fsp3) is 0.667. The average molecular weight is 358 g/mol. The van der Waals surface area contributed by atoms with Crippen molar-refractivity contribution in [2.75, 3.05) is 18.5 Å². The monoisotopic (exact) mass is 358 g/mol. The van der Waals surface area contributed by atoms with Crippen molar-refractivity contribution < 1.29 is 14.3 Å². The van der Waals surface area contributed by atoms with Crippen LogP contribution < -0.4 is 15.8 Å². The number of nitrogens with one attached hydrogen (secondary N) is 1. The van der Waals surface area contributed by atoms with Crippen molar-refractivity contribution in [1.82, 2.24) is 0 Å². The van der Waals surface area contributed by atoms with Crippen molar-refractivity contribution in [2.24, 2.45) is 23.5 Å². The van der Waals surface area contributed by atoms with Crippen LogP contribution in [0.25, 0.3) is 0 Å². The van der Waals surface area contributed by atoms with Crippen LogP contribution in [-0.2, 0) is 9.53 Å². The molecule has 3 aliphatic rings. The molecule has 2 bridgehead atoms. The molecule has 3 unspecified atom stereocenters. The Hall–Kier alpha value is -1.59. The Balaban J connectivity index is 1.28. The fourth-order valence-electron chi connectivity index (χ4n) is 4.85. The molecule has 2 aliphatic carbocycles. The van der Waals surface area contributed by atoms with Crippen molar-refractivity contribution in [3.8, 4) is 5.75 Å². The lowest BCUT2D eigenvalue weighted by Crippen LogP contribution is -2.48. The van der Waals surface area contributed by atoms with E-state index in [-0.39, 0.29) is 17.9 Å². The predicted octanol–water partition coefficient (Wildman–Crippen LogP) is 3.34. The number of ether oxygens (including phenoxy) is 2. The van der Waals surface area contributed by atoms with Gasteiger partial charge in [-0.25, -0.2) is 0 Å². The SMILES string of the molecule is NC1C2CCCC1CC(C(=O)Nc1ccc(OCC3CCCO3)cc1)C2. The van der Waals surface area contributed by atoms with Gasteiger partial charge in [-0.1, -0.05) is 6.42 Å². The summed E-state index contributed by atoms with van der Waals surface area (Å²) in [5.74, 6) is 2.10. The number of carbonyl (C=O) groups is 1. The summed E-state index contributed by atoms with van der Waals surface area (Å²) in [5.41, 5.74) is 7.17. The molecule has 0 radical (unpaired) electrons. The molecule has 3 fully saturated rings. The average Bonchev–Trinajstić information content (AvgIpc) is 3.14. The molecule has 1 saturated heterocycles. The summed E-state index contributed by atoms with van der Waals surface area (Å²) in [6, 6.07) is 7.95. The quantitative estimate of drug-likeness (QED) is 0.847. The summed E-state index contributed by atoms with van der Waals surface area (Å²) in [6.45, 7) is 1.43. The molecule has 1 amide bonds. The number of amides is 1. The number of benzene rings is 1.